The first kappa shape index (κ1) is 18.6. The van der Waals surface area contributed by atoms with Crippen LogP contribution in [0.3, 0.4) is 0 Å². The number of aromatic amines is 1. The molecule has 1 fully saturated rings. The van der Waals surface area contributed by atoms with Gasteiger partial charge in [0.2, 0.25) is 5.91 Å². The molecule has 3 aromatic rings. The van der Waals surface area contributed by atoms with Gasteiger partial charge in [0, 0.05) is 6.04 Å². The Labute approximate surface area is 167 Å². The summed E-state index contributed by atoms with van der Waals surface area (Å²) in [6.07, 6.45) is 2.70. The molecule has 1 aliphatic carbocycles. The number of rotatable bonds is 8. The first-order chi connectivity index (χ1) is 13.7. The topological polar surface area (TPSA) is 79.8 Å². The molecule has 1 saturated carbocycles. The van der Waals surface area contributed by atoms with Crippen LogP contribution in [-0.2, 0) is 11.2 Å². The van der Waals surface area contributed by atoms with Crippen molar-refractivity contribution in [2.24, 2.45) is 0 Å². The molecule has 1 unspecified atom stereocenters. The summed E-state index contributed by atoms with van der Waals surface area (Å²) in [5, 5.41) is 10.3. The minimum Gasteiger partial charge on any atom is -0.348 e. The van der Waals surface area contributed by atoms with Crippen LogP contribution in [0.4, 0.5) is 0 Å². The molecule has 0 saturated heterocycles. The van der Waals surface area contributed by atoms with Crippen LogP contribution in [0.15, 0.2) is 70.6 Å². The molecule has 1 aromatic heterocycles. The fraction of sp³-hybridized carbons (Fsp3) is 0.286. The molecule has 144 valence electrons. The summed E-state index contributed by atoms with van der Waals surface area (Å²) in [7, 11) is 0. The summed E-state index contributed by atoms with van der Waals surface area (Å²) in [4.78, 5) is 24.5. The van der Waals surface area contributed by atoms with E-state index in [2.05, 4.69) is 27.6 Å². The second kappa shape index (κ2) is 8.48. The molecule has 1 amide bonds. The number of hydrogen-bond acceptors (Lipinski definition) is 4. The highest BCUT2D eigenvalue weighted by molar-refractivity contribution is 7.99. The molecular weight excluding hydrogens is 372 g/mol. The number of carbonyl (C=O) groups is 1. The minimum atomic E-state index is -0.198. The lowest BCUT2D eigenvalue weighted by molar-refractivity contribution is -0.119. The number of hydrogen-bond donors (Lipinski definition) is 2. The molecule has 2 N–H and O–H groups in total. The molecule has 28 heavy (non-hydrogen) atoms. The van der Waals surface area contributed by atoms with Gasteiger partial charge in [0.1, 0.15) is 0 Å². The Morgan fingerprint density at radius 2 is 1.82 bits per heavy atom. The van der Waals surface area contributed by atoms with Gasteiger partial charge in [-0.25, -0.2) is 9.89 Å². The van der Waals surface area contributed by atoms with Crippen LogP contribution in [0, 0.1) is 0 Å². The normalized spacial score (nSPS) is 14.6. The Hall–Kier alpha value is -2.80. The largest absolute Gasteiger partial charge is 0.348 e. The van der Waals surface area contributed by atoms with Crippen LogP contribution in [0.5, 0.6) is 0 Å². The molecule has 1 atom stereocenters. The fourth-order valence-corrected chi connectivity index (χ4v) is 4.03. The SMILES string of the molecule is O=C(CSc1n[nH]c(=O)n1C1CC1)NC(Cc1ccccc1)c1ccccc1. The van der Waals surface area contributed by atoms with Gasteiger partial charge in [-0.15, -0.1) is 5.10 Å². The zero-order valence-corrected chi connectivity index (χ0v) is 16.2. The van der Waals surface area contributed by atoms with E-state index in [0.29, 0.717) is 5.16 Å². The average molecular weight is 395 g/mol. The fourth-order valence-electron chi connectivity index (χ4n) is 3.20. The average Bonchev–Trinajstić information content (AvgIpc) is 3.49. The Morgan fingerprint density at radius 1 is 1.14 bits per heavy atom. The van der Waals surface area contributed by atoms with Crippen molar-refractivity contribution in [3.63, 3.8) is 0 Å². The molecule has 0 radical (unpaired) electrons. The Kier molecular flexibility index (Phi) is 5.62. The Morgan fingerprint density at radius 3 is 2.50 bits per heavy atom. The smallest absolute Gasteiger partial charge is 0.344 e. The third kappa shape index (κ3) is 4.54. The third-order valence-electron chi connectivity index (χ3n) is 4.74. The van der Waals surface area contributed by atoms with Gasteiger partial charge in [-0.3, -0.25) is 9.36 Å². The van der Waals surface area contributed by atoms with Crippen LogP contribution in [0.1, 0.15) is 36.1 Å². The maximum atomic E-state index is 12.6. The van der Waals surface area contributed by atoms with Gasteiger partial charge in [0.15, 0.2) is 5.16 Å². The summed E-state index contributed by atoms with van der Waals surface area (Å²) >= 11 is 1.30. The number of aromatic nitrogens is 3. The number of benzene rings is 2. The van der Waals surface area contributed by atoms with Crippen LogP contribution in [0.2, 0.25) is 0 Å². The van der Waals surface area contributed by atoms with E-state index in [-0.39, 0.29) is 29.4 Å². The summed E-state index contributed by atoms with van der Waals surface area (Å²) in [5.41, 5.74) is 2.04. The molecule has 4 rings (SSSR count). The third-order valence-corrected chi connectivity index (χ3v) is 5.69. The van der Waals surface area contributed by atoms with Crippen molar-refractivity contribution < 1.29 is 4.79 Å². The van der Waals surface area contributed by atoms with Gasteiger partial charge >= 0.3 is 5.69 Å². The second-order valence-electron chi connectivity index (χ2n) is 6.92. The molecule has 7 heteroatoms. The lowest BCUT2D eigenvalue weighted by atomic mass is 9.99. The summed E-state index contributed by atoms with van der Waals surface area (Å²) in [6.45, 7) is 0. The lowest BCUT2D eigenvalue weighted by Crippen LogP contribution is -2.31. The highest BCUT2D eigenvalue weighted by Crippen LogP contribution is 2.36. The molecular formula is C21H22N4O2S. The molecule has 0 spiro atoms. The van der Waals surface area contributed by atoms with Gasteiger partial charge in [-0.1, -0.05) is 72.4 Å². The lowest BCUT2D eigenvalue weighted by Gasteiger charge is -2.19. The number of H-pyrrole nitrogens is 1. The molecule has 0 bridgehead atoms. The Balaban J connectivity index is 1.43. The number of amides is 1. The van der Waals surface area contributed by atoms with E-state index in [1.165, 1.54) is 17.3 Å². The zero-order valence-electron chi connectivity index (χ0n) is 15.4. The van der Waals surface area contributed by atoms with E-state index in [0.717, 1.165) is 24.8 Å². The van der Waals surface area contributed by atoms with Crippen molar-refractivity contribution in [2.45, 2.75) is 36.5 Å². The first-order valence-electron chi connectivity index (χ1n) is 9.38. The molecule has 1 aliphatic rings. The molecule has 0 aliphatic heterocycles. The van der Waals surface area contributed by atoms with Gasteiger partial charge < -0.3 is 5.32 Å². The highest BCUT2D eigenvalue weighted by atomic mass is 32.2. The predicted molar refractivity (Wildman–Crippen MR) is 109 cm³/mol. The van der Waals surface area contributed by atoms with E-state index < -0.39 is 0 Å². The van der Waals surface area contributed by atoms with E-state index >= 15 is 0 Å². The van der Waals surface area contributed by atoms with Gasteiger partial charge in [-0.2, -0.15) is 0 Å². The van der Waals surface area contributed by atoms with E-state index in [4.69, 9.17) is 0 Å². The van der Waals surface area contributed by atoms with Crippen LogP contribution in [-0.4, -0.2) is 26.4 Å². The maximum absolute atomic E-state index is 12.6. The monoisotopic (exact) mass is 394 g/mol. The van der Waals surface area contributed by atoms with Crippen molar-refractivity contribution in [2.75, 3.05) is 5.75 Å². The maximum Gasteiger partial charge on any atom is 0.344 e. The van der Waals surface area contributed by atoms with Crippen molar-refractivity contribution in [3.05, 3.63) is 82.3 Å². The molecule has 2 aromatic carbocycles. The van der Waals surface area contributed by atoms with Gasteiger partial charge in [0.25, 0.3) is 0 Å². The minimum absolute atomic E-state index is 0.0763. The summed E-state index contributed by atoms with van der Waals surface area (Å²) in [6, 6.07) is 20.2. The van der Waals surface area contributed by atoms with Crippen molar-refractivity contribution in [1.82, 2.24) is 20.1 Å². The van der Waals surface area contributed by atoms with E-state index in [9.17, 15) is 9.59 Å². The number of nitrogens with zero attached hydrogens (tertiary/aromatic N) is 2. The molecule has 1 heterocycles. The zero-order chi connectivity index (χ0) is 19.3. The highest BCUT2D eigenvalue weighted by Gasteiger charge is 2.28. The number of thioether (sulfide) groups is 1. The van der Waals surface area contributed by atoms with E-state index in [1.54, 1.807) is 4.57 Å². The first-order valence-corrected chi connectivity index (χ1v) is 10.4. The van der Waals surface area contributed by atoms with Crippen molar-refractivity contribution >= 4 is 17.7 Å². The number of carbonyl (C=O) groups excluding carboxylic acids is 1. The predicted octanol–water partition coefficient (Wildman–Crippen LogP) is 3.10. The van der Waals surface area contributed by atoms with Crippen LogP contribution >= 0.6 is 11.8 Å². The quantitative estimate of drug-likeness (QED) is 0.576. The van der Waals surface area contributed by atoms with Crippen LogP contribution < -0.4 is 11.0 Å². The second-order valence-corrected chi connectivity index (χ2v) is 7.86. The van der Waals surface area contributed by atoms with Crippen LogP contribution in [0.25, 0.3) is 0 Å². The van der Waals surface area contributed by atoms with Crippen molar-refractivity contribution in [3.8, 4) is 0 Å². The number of nitrogens with one attached hydrogen (secondary N) is 2. The Bertz CT molecular complexity index is 980. The standard InChI is InChI=1S/C21H22N4O2S/c26-19(14-28-21-24-23-20(27)25(21)17-11-12-17)22-18(16-9-5-2-6-10-16)13-15-7-3-1-4-8-15/h1-10,17-18H,11-14H2,(H,22,26)(H,23,27). The molecule has 6 nitrogen and oxygen atoms in total. The van der Waals surface area contributed by atoms with Crippen molar-refractivity contribution in [1.29, 1.82) is 0 Å². The van der Waals surface area contributed by atoms with Gasteiger partial charge in [0.05, 0.1) is 11.8 Å². The summed E-state index contributed by atoms with van der Waals surface area (Å²) in [5.74, 6) is 0.141. The summed E-state index contributed by atoms with van der Waals surface area (Å²) < 4.78 is 1.66. The van der Waals surface area contributed by atoms with Gasteiger partial charge in [-0.05, 0) is 30.4 Å². The van der Waals surface area contributed by atoms with E-state index in [1.807, 2.05) is 48.5 Å².